The molecule has 0 aliphatic heterocycles. The Kier molecular flexibility index (Phi) is 2.96. The maximum Gasteiger partial charge on any atom is 0.123 e. The van der Waals surface area contributed by atoms with Gasteiger partial charge in [0.2, 0.25) is 0 Å². The number of halogens is 1. The Morgan fingerprint density at radius 2 is 2.29 bits per heavy atom. The minimum Gasteiger partial charge on any atom is -0.382 e. The molecule has 2 heterocycles. The average Bonchev–Trinajstić information content (AvgIpc) is 2.70. The fourth-order valence-electron chi connectivity index (χ4n) is 1.19. The Balaban J connectivity index is 2.37. The summed E-state index contributed by atoms with van der Waals surface area (Å²) in [7, 11) is 0. The zero-order valence-corrected chi connectivity index (χ0v) is 9.62. The number of aliphatic hydroxyl groups is 1. The van der Waals surface area contributed by atoms with Gasteiger partial charge in [0, 0.05) is 10.7 Å². The molecule has 0 aliphatic rings. The lowest BCUT2D eigenvalue weighted by molar-refractivity contribution is 0.215. The maximum atomic E-state index is 9.98. The normalized spacial score (nSPS) is 12.7. The lowest BCUT2D eigenvalue weighted by Crippen LogP contribution is -2.01. The van der Waals surface area contributed by atoms with Gasteiger partial charge in [-0.15, -0.1) is 0 Å². The summed E-state index contributed by atoms with van der Waals surface area (Å²) in [5, 5.41) is 13.8. The van der Waals surface area contributed by atoms with Crippen LogP contribution in [-0.2, 0) is 0 Å². The van der Waals surface area contributed by atoms with E-state index in [1.807, 2.05) is 29.0 Å². The van der Waals surface area contributed by atoms with E-state index in [0.717, 1.165) is 10.0 Å². The fourth-order valence-corrected chi connectivity index (χ4v) is 2.34. The van der Waals surface area contributed by atoms with Crippen LogP contribution in [0, 0.1) is 0 Å². The average molecular weight is 270 g/mol. The van der Waals surface area contributed by atoms with E-state index in [-0.39, 0.29) is 0 Å². The monoisotopic (exact) mass is 269 g/mol. The van der Waals surface area contributed by atoms with E-state index in [2.05, 4.69) is 20.9 Å². The van der Waals surface area contributed by atoms with Gasteiger partial charge in [0.15, 0.2) is 0 Å². The third-order valence-electron chi connectivity index (χ3n) is 1.90. The van der Waals surface area contributed by atoms with Crippen molar-refractivity contribution in [2.45, 2.75) is 6.10 Å². The summed E-state index contributed by atoms with van der Waals surface area (Å²) in [6.07, 6.45) is 1.03. The number of hydrogen-bond donors (Lipinski definition) is 1. The van der Waals surface area contributed by atoms with Crippen molar-refractivity contribution in [1.82, 2.24) is 4.98 Å². The summed E-state index contributed by atoms with van der Waals surface area (Å²) in [6.45, 7) is 0. The molecule has 0 aliphatic carbocycles. The molecule has 0 spiro atoms. The summed E-state index contributed by atoms with van der Waals surface area (Å²) in [5.74, 6) is 0. The third-order valence-corrected chi connectivity index (χ3v) is 3.28. The van der Waals surface area contributed by atoms with Crippen LogP contribution in [0.5, 0.6) is 0 Å². The van der Waals surface area contributed by atoms with Crippen molar-refractivity contribution >= 4 is 27.3 Å². The van der Waals surface area contributed by atoms with Crippen molar-refractivity contribution in [2.24, 2.45) is 0 Å². The highest BCUT2D eigenvalue weighted by molar-refractivity contribution is 9.10. The third kappa shape index (κ3) is 1.87. The molecular formula is C10H8BrNOS. The highest BCUT2D eigenvalue weighted by atomic mass is 79.9. The Bertz CT molecular complexity index is 416. The number of aliphatic hydroxyl groups excluding tert-OH is 1. The molecular weight excluding hydrogens is 262 g/mol. The fraction of sp³-hybridized carbons (Fsp3) is 0.100. The quantitative estimate of drug-likeness (QED) is 0.910. The van der Waals surface area contributed by atoms with Crippen LogP contribution in [0.4, 0.5) is 0 Å². The van der Waals surface area contributed by atoms with Gasteiger partial charge in [-0.05, 0) is 50.5 Å². The second-order valence-electron chi connectivity index (χ2n) is 2.83. The van der Waals surface area contributed by atoms with Crippen molar-refractivity contribution in [1.29, 1.82) is 0 Å². The molecule has 1 N–H and O–H groups in total. The van der Waals surface area contributed by atoms with E-state index < -0.39 is 6.10 Å². The predicted octanol–water partition coefficient (Wildman–Crippen LogP) is 2.99. The highest BCUT2D eigenvalue weighted by Crippen LogP contribution is 2.27. The van der Waals surface area contributed by atoms with E-state index in [1.165, 1.54) is 0 Å². The smallest absolute Gasteiger partial charge is 0.123 e. The molecule has 0 saturated carbocycles. The van der Waals surface area contributed by atoms with Crippen LogP contribution in [0.3, 0.4) is 0 Å². The van der Waals surface area contributed by atoms with Crippen molar-refractivity contribution in [3.63, 3.8) is 0 Å². The Labute approximate surface area is 94.4 Å². The summed E-state index contributed by atoms with van der Waals surface area (Å²) < 4.78 is 0.832. The predicted molar refractivity (Wildman–Crippen MR) is 60.3 cm³/mol. The van der Waals surface area contributed by atoms with Crippen LogP contribution in [0.1, 0.15) is 17.4 Å². The maximum absolute atomic E-state index is 9.98. The Morgan fingerprint density at radius 1 is 1.43 bits per heavy atom. The number of aromatic nitrogens is 1. The molecule has 0 aromatic carbocycles. The first-order valence-corrected chi connectivity index (χ1v) is 5.83. The van der Waals surface area contributed by atoms with Gasteiger partial charge in [-0.25, -0.2) is 0 Å². The lowest BCUT2D eigenvalue weighted by Gasteiger charge is -2.09. The second-order valence-corrected chi connectivity index (χ2v) is 4.46. The number of hydrogen-bond acceptors (Lipinski definition) is 3. The number of nitrogens with zero attached hydrogens (tertiary/aromatic N) is 1. The van der Waals surface area contributed by atoms with Gasteiger partial charge in [-0.2, -0.15) is 11.3 Å². The van der Waals surface area contributed by atoms with E-state index in [9.17, 15) is 5.11 Å². The molecule has 2 aromatic rings. The van der Waals surface area contributed by atoms with Crippen molar-refractivity contribution in [2.75, 3.05) is 0 Å². The molecule has 1 unspecified atom stereocenters. The molecule has 4 heteroatoms. The van der Waals surface area contributed by atoms with E-state index >= 15 is 0 Å². The van der Waals surface area contributed by atoms with E-state index in [4.69, 9.17) is 0 Å². The molecule has 0 saturated heterocycles. The molecule has 72 valence electrons. The molecule has 2 rings (SSSR count). The van der Waals surface area contributed by atoms with Gasteiger partial charge in [0.25, 0.3) is 0 Å². The van der Waals surface area contributed by atoms with Gasteiger partial charge in [0.1, 0.15) is 6.10 Å². The van der Waals surface area contributed by atoms with Crippen LogP contribution in [0.2, 0.25) is 0 Å². The van der Waals surface area contributed by atoms with Crippen LogP contribution < -0.4 is 0 Å². The minimum atomic E-state index is -0.642. The van der Waals surface area contributed by atoms with Crippen LogP contribution in [-0.4, -0.2) is 10.1 Å². The molecule has 2 aromatic heterocycles. The molecule has 0 fully saturated rings. The van der Waals surface area contributed by atoms with Gasteiger partial charge in [-0.3, -0.25) is 4.98 Å². The highest BCUT2D eigenvalue weighted by Gasteiger charge is 2.14. The summed E-state index contributed by atoms with van der Waals surface area (Å²) >= 11 is 4.93. The second kappa shape index (κ2) is 4.21. The first-order valence-electron chi connectivity index (χ1n) is 4.09. The number of rotatable bonds is 2. The first kappa shape index (κ1) is 9.83. The molecule has 0 radical (unpaired) electrons. The standard InChI is InChI=1S/C10H8BrNOS/c11-8-2-1-4-12-9(8)10(13)7-3-5-14-6-7/h1-6,10,13H. The van der Waals surface area contributed by atoms with Gasteiger partial charge < -0.3 is 5.11 Å². The van der Waals surface area contributed by atoms with Gasteiger partial charge in [-0.1, -0.05) is 0 Å². The first-order chi connectivity index (χ1) is 6.79. The molecule has 0 bridgehead atoms. The van der Waals surface area contributed by atoms with Crippen molar-refractivity contribution < 1.29 is 5.11 Å². The van der Waals surface area contributed by atoms with E-state index in [1.54, 1.807) is 17.5 Å². The SMILES string of the molecule is OC(c1ccsc1)c1ncccc1Br. The minimum absolute atomic E-state index is 0.642. The molecule has 14 heavy (non-hydrogen) atoms. The van der Waals surface area contributed by atoms with Crippen LogP contribution >= 0.6 is 27.3 Å². The molecule has 0 amide bonds. The Morgan fingerprint density at radius 3 is 2.93 bits per heavy atom. The van der Waals surface area contributed by atoms with Gasteiger partial charge in [0.05, 0.1) is 5.69 Å². The topological polar surface area (TPSA) is 33.1 Å². The zero-order chi connectivity index (χ0) is 9.97. The molecule has 2 nitrogen and oxygen atoms in total. The largest absolute Gasteiger partial charge is 0.382 e. The van der Waals surface area contributed by atoms with Crippen molar-refractivity contribution in [3.05, 3.63) is 50.9 Å². The zero-order valence-electron chi connectivity index (χ0n) is 7.22. The molecule has 1 atom stereocenters. The Hall–Kier alpha value is -0.710. The van der Waals surface area contributed by atoms with Crippen LogP contribution in [0.25, 0.3) is 0 Å². The number of pyridine rings is 1. The summed E-state index contributed by atoms with van der Waals surface area (Å²) in [4.78, 5) is 4.14. The number of thiophene rings is 1. The van der Waals surface area contributed by atoms with Crippen LogP contribution in [0.15, 0.2) is 39.6 Å². The summed E-state index contributed by atoms with van der Waals surface area (Å²) in [5.41, 5.74) is 1.54. The summed E-state index contributed by atoms with van der Waals surface area (Å²) in [6, 6.07) is 5.60. The lowest BCUT2D eigenvalue weighted by atomic mass is 10.1. The van der Waals surface area contributed by atoms with Gasteiger partial charge >= 0.3 is 0 Å². The van der Waals surface area contributed by atoms with E-state index in [0.29, 0.717) is 5.69 Å². The van der Waals surface area contributed by atoms with Crippen molar-refractivity contribution in [3.8, 4) is 0 Å².